The van der Waals surface area contributed by atoms with E-state index < -0.39 is 6.10 Å². The molecule has 1 amide bonds. The first-order valence-electron chi connectivity index (χ1n) is 11.4. The zero-order valence-electron chi connectivity index (χ0n) is 19.3. The molecule has 184 valence electrons. The zero-order chi connectivity index (χ0) is 24.4. The second-order valence-electron chi connectivity index (χ2n) is 8.66. The number of hydrogen-bond acceptors (Lipinski definition) is 10. The minimum absolute atomic E-state index is 0.0540. The number of nitrogens with one attached hydrogen (secondary N) is 2. The molecule has 0 aromatic carbocycles. The average molecular weight is 498 g/mol. The van der Waals surface area contributed by atoms with Crippen molar-refractivity contribution in [2.45, 2.75) is 24.2 Å². The molecule has 1 fully saturated rings. The number of likely N-dealkylation sites (tertiary alicyclic amines) is 1. The Kier molecular flexibility index (Phi) is 6.95. The summed E-state index contributed by atoms with van der Waals surface area (Å²) in [5.74, 6) is 1.31. The number of aliphatic hydroxyl groups excluding tert-OH is 1. The molecule has 0 bridgehead atoms. The van der Waals surface area contributed by atoms with E-state index in [2.05, 4.69) is 30.5 Å². The molecule has 0 spiro atoms. The van der Waals surface area contributed by atoms with Gasteiger partial charge in [0.15, 0.2) is 5.82 Å². The third kappa shape index (κ3) is 5.30. The standard InChI is InChI=1S/C23H27N7O4S/c1-34-19-4-2-14-3-5-20(33)30(22(14)28-19)7-6-29-11-15(17(31)12-29)8-24-9-16-10-25-23-21(26-16)27-18(32)13-35-23/h2-5,10,15,17,24,31H,6-9,11-13H2,1H3,(H,26,27,32)/t15-,17+/m0/s1. The van der Waals surface area contributed by atoms with E-state index in [1.807, 2.05) is 6.07 Å². The Morgan fingerprint density at radius 1 is 1.20 bits per heavy atom. The van der Waals surface area contributed by atoms with Gasteiger partial charge in [-0.25, -0.2) is 9.97 Å². The van der Waals surface area contributed by atoms with Gasteiger partial charge < -0.3 is 20.5 Å². The third-order valence-electron chi connectivity index (χ3n) is 6.24. The van der Waals surface area contributed by atoms with Crippen molar-refractivity contribution >= 4 is 34.5 Å². The van der Waals surface area contributed by atoms with Crippen LogP contribution in [0.5, 0.6) is 5.88 Å². The Bertz CT molecular complexity index is 1300. The Morgan fingerprint density at radius 2 is 2.06 bits per heavy atom. The summed E-state index contributed by atoms with van der Waals surface area (Å²) in [5, 5.41) is 18.3. The molecule has 11 nitrogen and oxygen atoms in total. The molecule has 5 heterocycles. The maximum atomic E-state index is 12.5. The van der Waals surface area contributed by atoms with Crippen molar-refractivity contribution < 1.29 is 14.6 Å². The molecule has 3 aromatic heterocycles. The molecule has 1 saturated heterocycles. The molecule has 5 rings (SSSR count). The van der Waals surface area contributed by atoms with Crippen LogP contribution in [0.15, 0.2) is 40.3 Å². The Morgan fingerprint density at radius 3 is 2.91 bits per heavy atom. The normalized spacial score (nSPS) is 20.1. The average Bonchev–Trinajstić information content (AvgIpc) is 3.21. The number of aromatic nitrogens is 4. The molecule has 0 radical (unpaired) electrons. The molecule has 35 heavy (non-hydrogen) atoms. The second kappa shape index (κ2) is 10.3. The Balaban J connectivity index is 1.16. The van der Waals surface area contributed by atoms with Gasteiger partial charge in [-0.1, -0.05) is 11.8 Å². The number of hydrogen-bond donors (Lipinski definition) is 3. The van der Waals surface area contributed by atoms with Gasteiger partial charge in [-0.3, -0.25) is 19.1 Å². The molecule has 12 heteroatoms. The summed E-state index contributed by atoms with van der Waals surface area (Å²) >= 11 is 1.38. The summed E-state index contributed by atoms with van der Waals surface area (Å²) in [4.78, 5) is 39.6. The van der Waals surface area contributed by atoms with Crippen molar-refractivity contribution in [1.82, 2.24) is 29.7 Å². The number of carbonyl (C=O) groups excluding carboxylic acids is 1. The highest BCUT2D eigenvalue weighted by molar-refractivity contribution is 8.00. The van der Waals surface area contributed by atoms with E-state index in [1.165, 1.54) is 11.8 Å². The Hall–Kier alpha value is -3.06. The number of rotatable bonds is 8. The van der Waals surface area contributed by atoms with Crippen LogP contribution in [0.1, 0.15) is 5.69 Å². The SMILES string of the molecule is COc1ccc2ccc(=O)n(CCN3C[C@H](CNCc4cnc5c(n4)NC(=O)CS5)[C@H](O)C3)c2n1. The maximum absolute atomic E-state index is 12.5. The van der Waals surface area contributed by atoms with Crippen LogP contribution in [-0.2, 0) is 17.9 Å². The molecule has 3 N–H and O–H groups in total. The smallest absolute Gasteiger partial charge is 0.252 e. The number of pyridine rings is 2. The van der Waals surface area contributed by atoms with E-state index in [0.29, 0.717) is 62.4 Å². The summed E-state index contributed by atoms with van der Waals surface area (Å²) < 4.78 is 6.87. The summed E-state index contributed by atoms with van der Waals surface area (Å²) in [5.41, 5.74) is 1.21. The molecule has 0 unspecified atom stereocenters. The van der Waals surface area contributed by atoms with E-state index in [1.54, 1.807) is 36.1 Å². The Labute approximate surface area is 205 Å². The van der Waals surface area contributed by atoms with E-state index in [-0.39, 0.29) is 17.4 Å². The number of β-amino-alcohol motifs (C(OH)–C–C–N with tert-alkyl or cyclic N) is 1. The van der Waals surface area contributed by atoms with Crippen LogP contribution in [0.4, 0.5) is 5.82 Å². The summed E-state index contributed by atoms with van der Waals surface area (Å²) in [7, 11) is 1.55. The van der Waals surface area contributed by atoms with Crippen LogP contribution in [0.25, 0.3) is 11.0 Å². The molecular weight excluding hydrogens is 470 g/mol. The first-order valence-corrected chi connectivity index (χ1v) is 12.4. The number of ether oxygens (including phenoxy) is 1. The van der Waals surface area contributed by atoms with Gasteiger partial charge in [0.1, 0.15) is 10.7 Å². The molecule has 2 aliphatic heterocycles. The van der Waals surface area contributed by atoms with Crippen LogP contribution in [-0.4, -0.2) is 80.6 Å². The van der Waals surface area contributed by atoms with E-state index in [4.69, 9.17) is 4.74 Å². The van der Waals surface area contributed by atoms with Crippen LogP contribution >= 0.6 is 11.8 Å². The van der Waals surface area contributed by atoms with Crippen molar-refractivity contribution in [3.63, 3.8) is 0 Å². The van der Waals surface area contributed by atoms with E-state index >= 15 is 0 Å². The number of fused-ring (bicyclic) bond motifs is 2. The number of methoxy groups -OCH3 is 1. The fourth-order valence-electron chi connectivity index (χ4n) is 4.41. The van der Waals surface area contributed by atoms with E-state index in [9.17, 15) is 14.7 Å². The van der Waals surface area contributed by atoms with Crippen LogP contribution in [0, 0.1) is 5.92 Å². The van der Waals surface area contributed by atoms with Gasteiger partial charge in [0, 0.05) is 62.7 Å². The third-order valence-corrected chi connectivity index (χ3v) is 7.22. The van der Waals surface area contributed by atoms with Gasteiger partial charge in [-0.05, 0) is 12.1 Å². The van der Waals surface area contributed by atoms with Gasteiger partial charge >= 0.3 is 0 Å². The van der Waals surface area contributed by atoms with Gasteiger partial charge in [0.05, 0.1) is 30.9 Å². The highest BCUT2D eigenvalue weighted by Crippen LogP contribution is 2.27. The van der Waals surface area contributed by atoms with Crippen LogP contribution in [0.3, 0.4) is 0 Å². The number of aliphatic hydroxyl groups is 1. The quantitative estimate of drug-likeness (QED) is 0.399. The highest BCUT2D eigenvalue weighted by Gasteiger charge is 2.30. The molecule has 0 aliphatic carbocycles. The molecule has 2 aliphatic rings. The second-order valence-corrected chi connectivity index (χ2v) is 9.62. The zero-order valence-corrected chi connectivity index (χ0v) is 20.1. The first kappa shape index (κ1) is 23.7. The van der Waals surface area contributed by atoms with Crippen molar-refractivity contribution in [3.05, 3.63) is 46.5 Å². The number of nitrogens with zero attached hydrogens (tertiary/aromatic N) is 5. The van der Waals surface area contributed by atoms with Crippen molar-refractivity contribution in [1.29, 1.82) is 0 Å². The van der Waals surface area contributed by atoms with Gasteiger partial charge in [0.25, 0.3) is 5.56 Å². The maximum Gasteiger partial charge on any atom is 0.252 e. The van der Waals surface area contributed by atoms with Crippen LogP contribution < -0.4 is 20.9 Å². The number of thioether (sulfide) groups is 1. The van der Waals surface area contributed by atoms with Gasteiger partial charge in [-0.15, -0.1) is 0 Å². The monoisotopic (exact) mass is 497 g/mol. The largest absolute Gasteiger partial charge is 0.481 e. The fourth-order valence-corrected chi connectivity index (χ4v) is 5.11. The van der Waals surface area contributed by atoms with E-state index in [0.717, 1.165) is 16.1 Å². The number of carbonyl (C=O) groups is 1. The number of amides is 1. The lowest BCUT2D eigenvalue weighted by Gasteiger charge is -2.18. The predicted molar refractivity (Wildman–Crippen MR) is 132 cm³/mol. The van der Waals surface area contributed by atoms with Crippen molar-refractivity contribution in [2.75, 3.05) is 44.4 Å². The molecule has 3 aromatic rings. The predicted octanol–water partition coefficient (Wildman–Crippen LogP) is 0.322. The minimum Gasteiger partial charge on any atom is -0.481 e. The molecule has 0 saturated carbocycles. The van der Waals surface area contributed by atoms with Crippen molar-refractivity contribution in [3.8, 4) is 5.88 Å². The summed E-state index contributed by atoms with van der Waals surface area (Å²) in [6, 6.07) is 6.98. The number of anilines is 1. The molecule has 2 atom stereocenters. The van der Waals surface area contributed by atoms with Crippen LogP contribution in [0.2, 0.25) is 0 Å². The highest BCUT2D eigenvalue weighted by atomic mass is 32.2. The lowest BCUT2D eigenvalue weighted by atomic mass is 10.1. The van der Waals surface area contributed by atoms with Gasteiger partial charge in [0.2, 0.25) is 11.8 Å². The molecular formula is C23H27N7O4S. The lowest BCUT2D eigenvalue weighted by molar-refractivity contribution is -0.113. The fraction of sp³-hybridized carbons (Fsp3) is 0.435. The summed E-state index contributed by atoms with van der Waals surface area (Å²) in [6.07, 6.45) is 1.24. The van der Waals surface area contributed by atoms with Crippen molar-refractivity contribution in [2.24, 2.45) is 5.92 Å². The topological polar surface area (TPSA) is 134 Å². The summed E-state index contributed by atoms with van der Waals surface area (Å²) in [6.45, 7) is 3.46. The van der Waals surface area contributed by atoms with Gasteiger partial charge in [-0.2, -0.15) is 4.98 Å². The minimum atomic E-state index is -0.463. The first-order chi connectivity index (χ1) is 17.0. The lowest BCUT2D eigenvalue weighted by Crippen LogP contribution is -2.31.